The lowest BCUT2D eigenvalue weighted by atomic mass is 9.75. The molecule has 208 valence electrons. The van der Waals surface area contributed by atoms with Gasteiger partial charge in [-0.25, -0.2) is 0 Å². The van der Waals surface area contributed by atoms with Gasteiger partial charge in [0.15, 0.2) is 16.6 Å². The van der Waals surface area contributed by atoms with Crippen molar-refractivity contribution in [3.8, 4) is 17.2 Å². The Labute approximate surface area is 233 Å². The number of thiocarbonyl (C=S) groups is 1. The molecule has 2 fully saturated rings. The van der Waals surface area contributed by atoms with Crippen molar-refractivity contribution in [2.75, 3.05) is 55.1 Å². The number of aromatic nitrogens is 1. The highest BCUT2D eigenvalue weighted by atomic mass is 32.1. The fourth-order valence-corrected chi connectivity index (χ4v) is 6.77. The minimum atomic E-state index is -1.44. The van der Waals surface area contributed by atoms with Crippen LogP contribution in [-0.2, 0) is 22.6 Å². The molecule has 1 aromatic heterocycles. The Morgan fingerprint density at radius 1 is 0.897 bits per heavy atom. The second-order valence-corrected chi connectivity index (χ2v) is 11.0. The Hall–Kier alpha value is -3.44. The molecular formula is C28H34N4O6S. The molecule has 1 aromatic carbocycles. The molecule has 10 nitrogen and oxygen atoms in total. The molecule has 0 radical (unpaired) electrons. The van der Waals surface area contributed by atoms with E-state index in [1.54, 1.807) is 32.3 Å². The first-order valence-electron chi connectivity index (χ1n) is 12.9. The van der Waals surface area contributed by atoms with Crippen LogP contribution in [0.15, 0.2) is 35.1 Å². The quantitative estimate of drug-likeness (QED) is 0.378. The first-order valence-corrected chi connectivity index (χ1v) is 13.4. The summed E-state index contributed by atoms with van der Waals surface area (Å²) < 4.78 is 18.6. The number of carbonyl (C=O) groups is 2. The van der Waals surface area contributed by atoms with Gasteiger partial charge in [-0.05, 0) is 42.3 Å². The highest BCUT2D eigenvalue weighted by molar-refractivity contribution is 7.80. The maximum Gasteiger partial charge on any atom is 0.250 e. The number of hydrogen-bond acceptors (Lipinski definition) is 8. The maximum absolute atomic E-state index is 14.1. The second-order valence-electron chi connectivity index (χ2n) is 10.7. The Morgan fingerprint density at radius 3 is 2.23 bits per heavy atom. The minimum Gasteiger partial charge on any atom is -0.493 e. The molecule has 2 atom stereocenters. The number of piperidine rings is 1. The average molecular weight is 555 g/mol. The van der Waals surface area contributed by atoms with Crippen molar-refractivity contribution in [3.63, 3.8) is 0 Å². The molecule has 3 aliphatic heterocycles. The molecule has 5 rings (SSSR count). The first-order chi connectivity index (χ1) is 18.6. The number of fused-ring (bicyclic) bond motifs is 4. The first kappa shape index (κ1) is 27.1. The van der Waals surface area contributed by atoms with Crippen molar-refractivity contribution in [3.05, 3.63) is 51.9 Å². The molecule has 0 saturated carbocycles. The lowest BCUT2D eigenvalue weighted by molar-refractivity contribution is -0.157. The topological polar surface area (TPSA) is 93.6 Å². The van der Waals surface area contributed by atoms with E-state index in [9.17, 15) is 14.4 Å². The number of nitrogens with zero attached hydrogens (tertiary/aromatic N) is 4. The summed E-state index contributed by atoms with van der Waals surface area (Å²) in [6.07, 6.45) is 1.07. The molecule has 0 N–H and O–H groups in total. The standard InChI is InChI=1S/C28H34N4O6S/c1-29-25(34)28(26(35)30(2)27(29)39,12-18-9-10-21(36-3)24(38-5)23(18)37-4)16-31-13-17-11-19(15-31)20-7-6-8-22(33)32(20)14-17/h6-10,17,19H,11-16H2,1-5H3. The van der Waals surface area contributed by atoms with E-state index in [0.29, 0.717) is 42.4 Å². The van der Waals surface area contributed by atoms with E-state index in [0.717, 1.165) is 12.1 Å². The molecule has 2 amide bonds. The summed E-state index contributed by atoms with van der Waals surface area (Å²) in [4.78, 5) is 45.7. The summed E-state index contributed by atoms with van der Waals surface area (Å²) >= 11 is 5.42. The van der Waals surface area contributed by atoms with Crippen molar-refractivity contribution < 1.29 is 23.8 Å². The molecule has 2 unspecified atom stereocenters. The molecule has 4 heterocycles. The fourth-order valence-electron chi connectivity index (χ4n) is 6.61. The molecule has 3 aliphatic rings. The van der Waals surface area contributed by atoms with Crippen LogP contribution in [0.5, 0.6) is 17.2 Å². The van der Waals surface area contributed by atoms with Crippen molar-refractivity contribution >= 4 is 29.1 Å². The predicted molar refractivity (Wildman–Crippen MR) is 148 cm³/mol. The largest absolute Gasteiger partial charge is 0.493 e. The van der Waals surface area contributed by atoms with Crippen LogP contribution in [0.2, 0.25) is 0 Å². The number of methoxy groups -OCH3 is 3. The van der Waals surface area contributed by atoms with Gasteiger partial charge in [0.1, 0.15) is 5.41 Å². The summed E-state index contributed by atoms with van der Waals surface area (Å²) in [5, 5.41) is 0.170. The molecule has 2 aromatic rings. The van der Waals surface area contributed by atoms with Gasteiger partial charge in [0, 0.05) is 64.4 Å². The van der Waals surface area contributed by atoms with Gasteiger partial charge in [0.05, 0.1) is 21.3 Å². The van der Waals surface area contributed by atoms with E-state index in [1.165, 1.54) is 31.1 Å². The van der Waals surface area contributed by atoms with E-state index in [1.807, 2.05) is 16.7 Å². The lowest BCUT2D eigenvalue weighted by Gasteiger charge is -2.48. The second kappa shape index (κ2) is 10.3. The van der Waals surface area contributed by atoms with Gasteiger partial charge in [-0.1, -0.05) is 12.1 Å². The van der Waals surface area contributed by atoms with Crippen LogP contribution in [0.4, 0.5) is 0 Å². The molecular weight excluding hydrogens is 520 g/mol. The van der Waals surface area contributed by atoms with E-state index >= 15 is 0 Å². The Morgan fingerprint density at radius 2 is 1.59 bits per heavy atom. The van der Waals surface area contributed by atoms with E-state index in [-0.39, 0.29) is 47.3 Å². The molecule has 39 heavy (non-hydrogen) atoms. The number of likely N-dealkylation sites (tertiary alicyclic amines) is 1. The Kier molecular flexibility index (Phi) is 7.15. The number of pyridine rings is 1. The van der Waals surface area contributed by atoms with Crippen LogP contribution >= 0.6 is 12.2 Å². The minimum absolute atomic E-state index is 0.0158. The summed E-state index contributed by atoms with van der Waals surface area (Å²) in [6.45, 7) is 2.16. The Bertz CT molecular complexity index is 1370. The maximum atomic E-state index is 14.1. The van der Waals surface area contributed by atoms with Crippen LogP contribution in [0.25, 0.3) is 0 Å². The fraction of sp³-hybridized carbons (Fsp3) is 0.500. The van der Waals surface area contributed by atoms with Crippen LogP contribution < -0.4 is 19.8 Å². The number of benzene rings is 1. The number of rotatable bonds is 7. The van der Waals surface area contributed by atoms with Crippen LogP contribution in [0.1, 0.15) is 23.6 Å². The normalized spacial score (nSPS) is 22.5. The van der Waals surface area contributed by atoms with E-state index in [2.05, 4.69) is 4.90 Å². The zero-order chi connectivity index (χ0) is 28.1. The summed E-state index contributed by atoms with van der Waals surface area (Å²) in [5.41, 5.74) is 0.235. The van der Waals surface area contributed by atoms with Crippen LogP contribution in [0, 0.1) is 11.3 Å². The highest BCUT2D eigenvalue weighted by Gasteiger charge is 2.56. The van der Waals surface area contributed by atoms with Crippen molar-refractivity contribution in [1.82, 2.24) is 19.3 Å². The number of amides is 2. The zero-order valence-electron chi connectivity index (χ0n) is 22.9. The van der Waals surface area contributed by atoms with E-state index in [4.69, 9.17) is 26.4 Å². The van der Waals surface area contributed by atoms with Gasteiger partial charge in [-0.3, -0.25) is 24.2 Å². The van der Waals surface area contributed by atoms with Gasteiger partial charge >= 0.3 is 0 Å². The van der Waals surface area contributed by atoms with Gasteiger partial charge in [0.2, 0.25) is 17.6 Å². The summed E-state index contributed by atoms with van der Waals surface area (Å²) in [7, 11) is 7.81. The number of carbonyl (C=O) groups excluding carboxylic acids is 2. The third-order valence-electron chi connectivity index (χ3n) is 8.33. The van der Waals surface area contributed by atoms with Gasteiger partial charge in [-0.15, -0.1) is 0 Å². The molecule has 11 heteroatoms. The smallest absolute Gasteiger partial charge is 0.250 e. The van der Waals surface area contributed by atoms with Crippen molar-refractivity contribution in [2.24, 2.45) is 11.3 Å². The monoisotopic (exact) mass is 554 g/mol. The van der Waals surface area contributed by atoms with Gasteiger partial charge in [-0.2, -0.15) is 0 Å². The Balaban J connectivity index is 1.56. The predicted octanol–water partition coefficient (Wildman–Crippen LogP) is 1.74. The van der Waals surface area contributed by atoms with Crippen molar-refractivity contribution in [1.29, 1.82) is 0 Å². The molecule has 0 aliphatic carbocycles. The van der Waals surface area contributed by atoms with Gasteiger partial charge in [0.25, 0.3) is 5.56 Å². The molecule has 0 spiro atoms. The summed E-state index contributed by atoms with van der Waals surface area (Å²) in [5.74, 6) is 0.995. The number of hydrogen-bond donors (Lipinski definition) is 0. The third kappa shape index (κ3) is 4.37. The lowest BCUT2D eigenvalue weighted by Crippen LogP contribution is -2.67. The number of ether oxygens (including phenoxy) is 3. The van der Waals surface area contributed by atoms with Crippen molar-refractivity contribution in [2.45, 2.75) is 25.3 Å². The van der Waals surface area contributed by atoms with Gasteiger partial charge < -0.3 is 23.7 Å². The average Bonchev–Trinajstić information content (AvgIpc) is 2.94. The van der Waals surface area contributed by atoms with Crippen LogP contribution in [0.3, 0.4) is 0 Å². The molecule has 2 bridgehead atoms. The van der Waals surface area contributed by atoms with Crippen LogP contribution in [-0.4, -0.2) is 91.3 Å². The zero-order valence-corrected chi connectivity index (χ0v) is 23.7. The third-order valence-corrected chi connectivity index (χ3v) is 8.88. The highest BCUT2D eigenvalue weighted by Crippen LogP contribution is 2.44. The SMILES string of the molecule is COc1ccc(CC2(CN3CC4CC(C3)c3cccc(=O)n3C4)C(=O)N(C)C(=S)N(C)C2=O)c(OC)c1OC. The van der Waals surface area contributed by atoms with E-state index < -0.39 is 5.41 Å². The summed E-state index contributed by atoms with van der Waals surface area (Å²) in [6, 6.07) is 8.97. The molecule has 2 saturated heterocycles.